The molecule has 1 rings (SSSR count). The van der Waals surface area contributed by atoms with Crippen LogP contribution >= 0.6 is 11.3 Å². The third kappa shape index (κ3) is 19.6. The van der Waals surface area contributed by atoms with Crippen LogP contribution in [-0.2, 0) is 22.3 Å². The second kappa shape index (κ2) is 24.7. The number of thiophene rings is 1. The highest BCUT2D eigenvalue weighted by atomic mass is 32.1. The van der Waals surface area contributed by atoms with Gasteiger partial charge in [-0.3, -0.25) is 0 Å². The quantitative estimate of drug-likeness (QED) is 0.123. The van der Waals surface area contributed by atoms with Crippen molar-refractivity contribution in [2.45, 2.75) is 142 Å². The Labute approximate surface area is 211 Å². The van der Waals surface area contributed by atoms with Crippen molar-refractivity contribution in [3.05, 3.63) is 21.9 Å². The van der Waals surface area contributed by atoms with Crippen LogP contribution in [0.5, 0.6) is 0 Å². The molecular weight excluding hydrogens is 424 g/mol. The van der Waals surface area contributed by atoms with Crippen molar-refractivity contribution < 1.29 is 9.47 Å². The summed E-state index contributed by atoms with van der Waals surface area (Å²) in [7, 11) is 0. The monoisotopic (exact) mass is 480 g/mol. The maximum absolute atomic E-state index is 5.91. The molecule has 1 aromatic heterocycles. The Balaban J connectivity index is 1.89. The third-order valence-corrected chi connectivity index (χ3v) is 7.63. The molecule has 0 aliphatic heterocycles. The molecule has 0 aliphatic rings. The Bertz CT molecular complexity index is 457. The SMILES string of the molecule is CCCCCCCCCCCOCCc1ccsc1CCOCCCCCCCCCCC. The van der Waals surface area contributed by atoms with Gasteiger partial charge in [0.25, 0.3) is 0 Å². The van der Waals surface area contributed by atoms with Crippen molar-refractivity contribution >= 4 is 11.3 Å². The average Bonchev–Trinajstić information content (AvgIpc) is 3.27. The molecule has 3 heteroatoms. The van der Waals surface area contributed by atoms with Gasteiger partial charge >= 0.3 is 0 Å². The first-order valence-corrected chi connectivity index (χ1v) is 15.5. The first kappa shape index (κ1) is 30.7. The summed E-state index contributed by atoms with van der Waals surface area (Å²) in [4.78, 5) is 1.49. The van der Waals surface area contributed by atoms with Gasteiger partial charge in [-0.1, -0.05) is 117 Å². The van der Waals surface area contributed by atoms with Gasteiger partial charge in [-0.2, -0.15) is 0 Å². The van der Waals surface area contributed by atoms with Crippen molar-refractivity contribution in [3.8, 4) is 0 Å². The van der Waals surface area contributed by atoms with Gasteiger partial charge < -0.3 is 9.47 Å². The van der Waals surface area contributed by atoms with Gasteiger partial charge in [-0.25, -0.2) is 0 Å². The van der Waals surface area contributed by atoms with Gasteiger partial charge in [0.05, 0.1) is 13.2 Å². The Morgan fingerprint density at radius 2 is 0.939 bits per heavy atom. The van der Waals surface area contributed by atoms with E-state index in [0.29, 0.717) is 0 Å². The van der Waals surface area contributed by atoms with E-state index >= 15 is 0 Å². The molecule has 0 spiro atoms. The zero-order chi connectivity index (χ0) is 23.7. The highest BCUT2D eigenvalue weighted by Gasteiger charge is 2.05. The number of hydrogen-bond donors (Lipinski definition) is 0. The molecule has 0 amide bonds. The number of hydrogen-bond acceptors (Lipinski definition) is 3. The molecule has 0 aromatic carbocycles. The largest absolute Gasteiger partial charge is 0.381 e. The average molecular weight is 481 g/mol. The maximum Gasteiger partial charge on any atom is 0.0514 e. The van der Waals surface area contributed by atoms with Crippen LogP contribution in [0.1, 0.15) is 140 Å². The van der Waals surface area contributed by atoms with Crippen LogP contribution in [0.15, 0.2) is 11.4 Å². The molecule has 0 aliphatic carbocycles. The Morgan fingerprint density at radius 1 is 0.515 bits per heavy atom. The summed E-state index contributed by atoms with van der Waals surface area (Å²) in [6, 6.07) is 2.28. The van der Waals surface area contributed by atoms with Crippen molar-refractivity contribution in [1.29, 1.82) is 0 Å². The van der Waals surface area contributed by atoms with Crippen LogP contribution < -0.4 is 0 Å². The van der Waals surface area contributed by atoms with E-state index in [1.807, 2.05) is 11.3 Å². The predicted octanol–water partition coefficient (Wildman–Crippen LogP) is 9.93. The molecule has 0 N–H and O–H groups in total. The number of rotatable bonds is 26. The van der Waals surface area contributed by atoms with Crippen molar-refractivity contribution in [2.24, 2.45) is 0 Å². The van der Waals surface area contributed by atoms with Gasteiger partial charge in [0.1, 0.15) is 0 Å². The summed E-state index contributed by atoms with van der Waals surface area (Å²) in [6.07, 6.45) is 26.8. The molecule has 0 saturated carbocycles. The fraction of sp³-hybridized carbons (Fsp3) is 0.867. The molecule has 0 atom stereocenters. The standard InChI is InChI=1S/C30H56O2S/c1-3-5-7-9-11-13-15-17-19-24-31-26-21-29-23-28-33-30(29)22-27-32-25-20-18-16-14-12-10-8-6-4-2/h23,28H,3-22,24-27H2,1-2H3. The van der Waals surface area contributed by atoms with Crippen LogP contribution in [0.25, 0.3) is 0 Å². The van der Waals surface area contributed by atoms with Crippen LogP contribution in [0.2, 0.25) is 0 Å². The molecule has 33 heavy (non-hydrogen) atoms. The fourth-order valence-corrected chi connectivity index (χ4v) is 5.31. The zero-order valence-corrected chi connectivity index (χ0v) is 23.2. The van der Waals surface area contributed by atoms with Gasteiger partial charge in [0.2, 0.25) is 0 Å². The fourth-order valence-electron chi connectivity index (χ4n) is 4.39. The van der Waals surface area contributed by atoms with E-state index in [9.17, 15) is 0 Å². The van der Waals surface area contributed by atoms with E-state index in [1.54, 1.807) is 0 Å². The van der Waals surface area contributed by atoms with Crippen LogP contribution in [0.3, 0.4) is 0 Å². The van der Waals surface area contributed by atoms with Crippen LogP contribution in [-0.4, -0.2) is 26.4 Å². The lowest BCUT2D eigenvalue weighted by Crippen LogP contribution is -2.04. The molecule has 1 heterocycles. The lowest BCUT2D eigenvalue weighted by molar-refractivity contribution is 0.130. The molecule has 0 fully saturated rings. The minimum absolute atomic E-state index is 0.861. The number of ether oxygens (including phenoxy) is 2. The molecule has 1 aromatic rings. The first-order chi connectivity index (χ1) is 16.4. The van der Waals surface area contributed by atoms with E-state index in [0.717, 1.165) is 39.3 Å². The molecule has 0 unspecified atom stereocenters. The lowest BCUT2D eigenvalue weighted by Gasteiger charge is -2.07. The summed E-state index contributed by atoms with van der Waals surface area (Å²) >= 11 is 1.88. The van der Waals surface area contributed by atoms with Gasteiger partial charge in [0.15, 0.2) is 0 Å². The Kier molecular flexibility index (Phi) is 23.0. The Morgan fingerprint density at radius 3 is 1.42 bits per heavy atom. The van der Waals surface area contributed by atoms with Crippen molar-refractivity contribution in [1.82, 2.24) is 0 Å². The minimum Gasteiger partial charge on any atom is -0.381 e. The topological polar surface area (TPSA) is 18.5 Å². The predicted molar refractivity (Wildman–Crippen MR) is 148 cm³/mol. The van der Waals surface area contributed by atoms with E-state index in [1.165, 1.54) is 126 Å². The highest BCUT2D eigenvalue weighted by molar-refractivity contribution is 7.10. The van der Waals surface area contributed by atoms with Crippen LogP contribution in [0.4, 0.5) is 0 Å². The molecule has 0 bridgehead atoms. The van der Waals surface area contributed by atoms with E-state index in [2.05, 4.69) is 25.3 Å². The van der Waals surface area contributed by atoms with Gasteiger partial charge in [-0.05, 0) is 36.3 Å². The van der Waals surface area contributed by atoms with E-state index in [4.69, 9.17) is 9.47 Å². The molecule has 0 radical (unpaired) electrons. The van der Waals surface area contributed by atoms with Crippen LogP contribution in [0, 0.1) is 0 Å². The second-order valence-corrected chi connectivity index (χ2v) is 10.8. The molecule has 0 saturated heterocycles. The molecule has 194 valence electrons. The minimum atomic E-state index is 0.861. The third-order valence-electron chi connectivity index (χ3n) is 6.61. The number of unbranched alkanes of at least 4 members (excludes halogenated alkanes) is 16. The highest BCUT2D eigenvalue weighted by Crippen LogP contribution is 2.18. The van der Waals surface area contributed by atoms with E-state index < -0.39 is 0 Å². The van der Waals surface area contributed by atoms with Crippen molar-refractivity contribution in [2.75, 3.05) is 26.4 Å². The normalized spacial score (nSPS) is 11.5. The molecular formula is C30H56O2S. The summed E-state index contributed by atoms with van der Waals surface area (Å²) < 4.78 is 11.8. The van der Waals surface area contributed by atoms with Crippen molar-refractivity contribution in [3.63, 3.8) is 0 Å². The Hall–Kier alpha value is -0.380. The maximum atomic E-state index is 5.91. The summed E-state index contributed by atoms with van der Waals surface area (Å²) in [5.41, 5.74) is 1.47. The zero-order valence-electron chi connectivity index (χ0n) is 22.4. The summed E-state index contributed by atoms with van der Waals surface area (Å²) in [5.74, 6) is 0. The second-order valence-electron chi connectivity index (χ2n) is 9.75. The summed E-state index contributed by atoms with van der Waals surface area (Å²) in [5, 5.41) is 2.23. The first-order valence-electron chi connectivity index (χ1n) is 14.6. The lowest BCUT2D eigenvalue weighted by atomic mass is 10.1. The smallest absolute Gasteiger partial charge is 0.0514 e. The van der Waals surface area contributed by atoms with Gasteiger partial charge in [0, 0.05) is 24.5 Å². The summed E-state index contributed by atoms with van der Waals surface area (Å²) in [6.45, 7) is 8.15. The van der Waals surface area contributed by atoms with E-state index in [-0.39, 0.29) is 0 Å². The van der Waals surface area contributed by atoms with Gasteiger partial charge in [-0.15, -0.1) is 11.3 Å². The molecule has 2 nitrogen and oxygen atoms in total.